The molecular formula is C9H20ClNO2Si. The van der Waals surface area contributed by atoms with E-state index in [4.69, 9.17) is 22.0 Å². The van der Waals surface area contributed by atoms with Crippen LogP contribution in [0.25, 0.3) is 0 Å². The fourth-order valence-electron chi connectivity index (χ4n) is 2.02. The summed E-state index contributed by atoms with van der Waals surface area (Å²) in [5, 5.41) is 0. The van der Waals surface area contributed by atoms with E-state index >= 15 is 0 Å². The molecule has 1 aliphatic rings. The maximum atomic E-state index is 6.07. The zero-order valence-corrected chi connectivity index (χ0v) is 10.7. The van der Waals surface area contributed by atoms with Gasteiger partial charge in [0.15, 0.2) is 15.8 Å². The predicted molar refractivity (Wildman–Crippen MR) is 60.5 cm³/mol. The Morgan fingerprint density at radius 3 is 2.93 bits per heavy atom. The van der Waals surface area contributed by atoms with E-state index in [9.17, 15) is 0 Å². The van der Waals surface area contributed by atoms with Crippen molar-refractivity contribution in [2.45, 2.75) is 44.3 Å². The van der Waals surface area contributed by atoms with E-state index in [1.54, 1.807) is 0 Å². The molecule has 0 spiro atoms. The first-order chi connectivity index (χ1) is 6.74. The lowest BCUT2D eigenvalue weighted by Gasteiger charge is -2.26. The van der Waals surface area contributed by atoms with Gasteiger partial charge in [0.1, 0.15) is 0 Å². The Morgan fingerprint density at radius 1 is 1.43 bits per heavy atom. The van der Waals surface area contributed by atoms with Crippen LogP contribution in [0.4, 0.5) is 0 Å². The second-order valence-electron chi connectivity index (χ2n) is 4.21. The minimum Gasteiger partial charge on any atom is -0.395 e. The van der Waals surface area contributed by atoms with E-state index in [-0.39, 0.29) is 12.5 Å². The molecule has 0 aromatic heterocycles. The van der Waals surface area contributed by atoms with E-state index in [1.165, 1.54) is 19.3 Å². The second-order valence-corrected chi connectivity index (χ2v) is 7.27. The molecule has 0 bridgehead atoms. The largest absolute Gasteiger partial charge is 0.395 e. The lowest BCUT2D eigenvalue weighted by Crippen LogP contribution is -2.42. The van der Waals surface area contributed by atoms with Gasteiger partial charge in [0.2, 0.25) is 0 Å². The third kappa shape index (κ3) is 4.27. The van der Waals surface area contributed by atoms with E-state index < -0.39 is 9.04 Å². The molecule has 0 aromatic rings. The van der Waals surface area contributed by atoms with Crippen LogP contribution in [-0.2, 0) is 8.72 Å². The van der Waals surface area contributed by atoms with Gasteiger partial charge in [0.05, 0.1) is 11.9 Å². The van der Waals surface area contributed by atoms with Gasteiger partial charge >= 0.3 is 0 Å². The van der Waals surface area contributed by atoms with Crippen LogP contribution in [0.3, 0.4) is 0 Å². The van der Waals surface area contributed by atoms with E-state index in [0.717, 1.165) is 18.4 Å². The van der Waals surface area contributed by atoms with Crippen molar-refractivity contribution in [3.63, 3.8) is 0 Å². The van der Waals surface area contributed by atoms with Crippen LogP contribution in [0.15, 0.2) is 0 Å². The Balaban J connectivity index is 2.35. The van der Waals surface area contributed by atoms with Crippen molar-refractivity contribution in [2.24, 2.45) is 11.7 Å². The average Bonchev–Trinajstić information content (AvgIpc) is 2.15. The molecule has 1 fully saturated rings. The average molecular weight is 238 g/mol. The quantitative estimate of drug-likeness (QED) is 0.603. The molecule has 1 saturated heterocycles. The summed E-state index contributed by atoms with van der Waals surface area (Å²) in [5.41, 5.74) is 6.35. The third-order valence-corrected chi connectivity index (χ3v) is 5.83. The predicted octanol–water partition coefficient (Wildman–Crippen LogP) is 1.93. The summed E-state index contributed by atoms with van der Waals surface area (Å²) in [6.45, 7) is 2.50. The number of halogens is 1. The van der Waals surface area contributed by atoms with Crippen LogP contribution in [0, 0.1) is 5.92 Å². The molecule has 14 heavy (non-hydrogen) atoms. The van der Waals surface area contributed by atoms with Crippen molar-refractivity contribution in [3.8, 4) is 0 Å². The number of hydrogen-bond donors (Lipinski definition) is 1. The Labute approximate surface area is 92.8 Å². The molecule has 3 atom stereocenters. The number of nitrogens with two attached hydrogens (primary N) is 1. The molecule has 0 amide bonds. The van der Waals surface area contributed by atoms with Crippen LogP contribution < -0.4 is 5.73 Å². The second kappa shape index (κ2) is 6.79. The Bertz CT molecular complexity index is 162. The Morgan fingerprint density at radius 2 is 2.21 bits per heavy atom. The van der Waals surface area contributed by atoms with Crippen molar-refractivity contribution < 1.29 is 8.72 Å². The molecule has 5 heteroatoms. The standard InChI is InChI=1S/C9H20ClNO2Si/c1-8-3-2-4-9(11)14(6-5-8)13-7-12-10/h8-9,14H,2-7,11H2,1H3. The molecule has 2 N–H and O–H groups in total. The van der Waals surface area contributed by atoms with Crippen molar-refractivity contribution in [2.75, 3.05) is 6.79 Å². The molecular weight excluding hydrogens is 218 g/mol. The number of rotatable bonds is 3. The molecule has 0 aromatic carbocycles. The van der Waals surface area contributed by atoms with Crippen LogP contribution >= 0.6 is 11.9 Å². The first-order valence-corrected chi connectivity index (χ1v) is 7.61. The summed E-state index contributed by atoms with van der Waals surface area (Å²) >= 11 is 5.13. The summed E-state index contributed by atoms with van der Waals surface area (Å²) in [4.78, 5) is 0. The smallest absolute Gasteiger partial charge is 0.196 e. The molecule has 0 radical (unpaired) electrons. The molecule has 3 unspecified atom stereocenters. The first-order valence-electron chi connectivity index (χ1n) is 5.34. The zero-order valence-electron chi connectivity index (χ0n) is 8.75. The van der Waals surface area contributed by atoms with Crippen LogP contribution in [0.5, 0.6) is 0 Å². The summed E-state index contributed by atoms with van der Waals surface area (Å²) in [6.07, 6.45) is 4.88. The normalized spacial score (nSPS) is 34.9. The molecule has 84 valence electrons. The summed E-state index contributed by atoms with van der Waals surface area (Å²) in [5.74, 6) is 0.818. The topological polar surface area (TPSA) is 44.5 Å². The monoisotopic (exact) mass is 237 g/mol. The van der Waals surface area contributed by atoms with Crippen molar-refractivity contribution in [1.29, 1.82) is 0 Å². The Kier molecular flexibility index (Phi) is 6.05. The highest BCUT2D eigenvalue weighted by atomic mass is 35.5. The van der Waals surface area contributed by atoms with Crippen molar-refractivity contribution >= 4 is 20.9 Å². The SMILES string of the molecule is CC1CCCC(N)[SiH](OCOCl)CC1. The summed E-state index contributed by atoms with van der Waals surface area (Å²) in [7, 11) is -1.28. The maximum absolute atomic E-state index is 6.07. The van der Waals surface area contributed by atoms with Crippen LogP contribution in [0.2, 0.25) is 6.04 Å². The minimum atomic E-state index is -1.28. The van der Waals surface area contributed by atoms with Gasteiger partial charge in [0.25, 0.3) is 0 Å². The minimum absolute atomic E-state index is 0.195. The van der Waals surface area contributed by atoms with Gasteiger partial charge in [0, 0.05) is 5.67 Å². The lowest BCUT2D eigenvalue weighted by molar-refractivity contribution is 0.125. The van der Waals surface area contributed by atoms with Gasteiger partial charge in [-0.25, -0.2) is 0 Å². The van der Waals surface area contributed by atoms with Gasteiger partial charge in [-0.05, 0) is 18.4 Å². The van der Waals surface area contributed by atoms with Gasteiger partial charge in [-0.3, -0.25) is 4.29 Å². The molecule has 0 saturated carbocycles. The fourth-order valence-corrected chi connectivity index (χ4v) is 4.74. The van der Waals surface area contributed by atoms with E-state index in [1.807, 2.05) is 0 Å². The zero-order chi connectivity index (χ0) is 10.4. The molecule has 3 nitrogen and oxygen atoms in total. The van der Waals surface area contributed by atoms with Crippen LogP contribution in [0.1, 0.15) is 32.6 Å². The van der Waals surface area contributed by atoms with Crippen LogP contribution in [-0.4, -0.2) is 21.5 Å². The maximum Gasteiger partial charge on any atom is 0.196 e. The fraction of sp³-hybridized carbons (Fsp3) is 1.00. The first kappa shape index (κ1) is 12.5. The van der Waals surface area contributed by atoms with Gasteiger partial charge in [-0.2, -0.15) is 0 Å². The third-order valence-electron chi connectivity index (χ3n) is 2.98. The van der Waals surface area contributed by atoms with Crippen molar-refractivity contribution in [1.82, 2.24) is 0 Å². The van der Waals surface area contributed by atoms with Crippen molar-refractivity contribution in [3.05, 3.63) is 0 Å². The van der Waals surface area contributed by atoms with Gasteiger partial charge in [-0.1, -0.05) is 26.2 Å². The molecule has 1 heterocycles. The highest BCUT2D eigenvalue weighted by Crippen LogP contribution is 2.22. The van der Waals surface area contributed by atoms with Gasteiger partial charge < -0.3 is 10.2 Å². The van der Waals surface area contributed by atoms with E-state index in [2.05, 4.69) is 11.2 Å². The number of hydrogen-bond acceptors (Lipinski definition) is 3. The Hall–Kier alpha value is 0.387. The lowest BCUT2D eigenvalue weighted by atomic mass is 10.0. The molecule has 1 aliphatic heterocycles. The van der Waals surface area contributed by atoms with Gasteiger partial charge in [-0.15, -0.1) is 0 Å². The highest BCUT2D eigenvalue weighted by molar-refractivity contribution is 6.53. The summed E-state index contributed by atoms with van der Waals surface area (Å²) in [6, 6.07) is 1.16. The van der Waals surface area contributed by atoms with E-state index in [0.29, 0.717) is 0 Å². The molecule has 1 rings (SSSR count). The highest BCUT2D eigenvalue weighted by Gasteiger charge is 2.24. The summed E-state index contributed by atoms with van der Waals surface area (Å²) < 4.78 is 10.0. The molecule has 0 aliphatic carbocycles.